The first-order valence-corrected chi connectivity index (χ1v) is 10.1. The largest absolute Gasteiger partial charge is 0.481 e. The first-order valence-electron chi connectivity index (χ1n) is 9.20. The van der Waals surface area contributed by atoms with Crippen LogP contribution in [0.5, 0.6) is 0 Å². The van der Waals surface area contributed by atoms with E-state index in [4.69, 9.17) is 0 Å². The van der Waals surface area contributed by atoms with Crippen molar-refractivity contribution in [1.82, 2.24) is 0 Å². The van der Waals surface area contributed by atoms with Crippen LogP contribution in [0.1, 0.15) is 26.2 Å². The van der Waals surface area contributed by atoms with Crippen molar-refractivity contribution in [1.29, 1.82) is 0 Å². The number of carbonyl (C=O) groups is 2. The number of allylic oxidation sites excluding steroid dienone is 1. The van der Waals surface area contributed by atoms with E-state index in [-0.39, 0.29) is 33.2 Å². The van der Waals surface area contributed by atoms with Crippen LogP contribution in [-0.2, 0) is 32.0 Å². The smallest absolute Gasteiger partial charge is 0.330 e. The van der Waals surface area contributed by atoms with Crippen molar-refractivity contribution in [3.63, 3.8) is 0 Å². The van der Waals surface area contributed by atoms with E-state index < -0.39 is 23.3 Å². The Balaban J connectivity index is 0.00000225. The summed E-state index contributed by atoms with van der Waals surface area (Å²) in [4.78, 5) is 24.5. The topological polar surface area (TPSA) is 74.6 Å². The number of benzene rings is 2. The first kappa shape index (κ1) is 21.2. The van der Waals surface area contributed by atoms with Gasteiger partial charge >= 0.3 is 11.9 Å². The van der Waals surface area contributed by atoms with Gasteiger partial charge in [0.2, 0.25) is 0 Å². The maximum Gasteiger partial charge on any atom is 0.330 e. The fourth-order valence-electron chi connectivity index (χ4n) is 4.95. The van der Waals surface area contributed by atoms with Gasteiger partial charge in [-0.1, -0.05) is 36.4 Å². The SMILES string of the molecule is CC(=CC12CC(CC1Sc1ccc3ccccc3c1)CC2C(=O)O)C(=O)O.[Ta]. The maximum atomic E-state index is 11.9. The van der Waals surface area contributed by atoms with Gasteiger partial charge < -0.3 is 10.2 Å². The molecule has 0 saturated heterocycles. The van der Waals surface area contributed by atoms with E-state index >= 15 is 0 Å². The maximum absolute atomic E-state index is 11.9. The average Bonchev–Trinajstić information content (AvgIpc) is 3.16. The average molecular weight is 563 g/mol. The molecule has 2 aliphatic rings. The van der Waals surface area contributed by atoms with Crippen molar-refractivity contribution >= 4 is 34.5 Å². The van der Waals surface area contributed by atoms with E-state index in [9.17, 15) is 19.8 Å². The summed E-state index contributed by atoms with van der Waals surface area (Å²) in [7, 11) is 0. The third kappa shape index (κ3) is 3.69. The molecular formula is C22H22O4STa. The van der Waals surface area contributed by atoms with Crippen LogP contribution < -0.4 is 0 Å². The molecule has 0 aliphatic heterocycles. The van der Waals surface area contributed by atoms with Crippen LogP contribution in [0.2, 0.25) is 0 Å². The molecule has 2 aromatic carbocycles. The minimum Gasteiger partial charge on any atom is -0.481 e. The number of rotatable bonds is 5. The molecule has 4 unspecified atom stereocenters. The molecule has 6 heteroatoms. The summed E-state index contributed by atoms with van der Waals surface area (Å²) in [6.45, 7) is 1.57. The fourth-order valence-corrected chi connectivity index (χ4v) is 6.53. The zero-order valence-electron chi connectivity index (χ0n) is 15.5. The summed E-state index contributed by atoms with van der Waals surface area (Å²) in [5.41, 5.74) is -0.345. The minimum absolute atomic E-state index is 0. The van der Waals surface area contributed by atoms with Crippen molar-refractivity contribution in [2.45, 2.75) is 36.3 Å². The Morgan fingerprint density at radius 1 is 1.11 bits per heavy atom. The standard InChI is InChI=1S/C22H22O4S.Ta/c1-13(20(23)24)11-22-12-14(8-18(22)21(25)26)9-19(22)27-17-7-6-15-4-2-3-5-16(15)10-17;/h2-7,10-11,14,18-19H,8-9,12H2,1H3,(H,23,24)(H,25,26);. The predicted molar refractivity (Wildman–Crippen MR) is 106 cm³/mol. The van der Waals surface area contributed by atoms with E-state index in [1.807, 2.05) is 12.1 Å². The molecule has 2 aliphatic carbocycles. The second-order valence-electron chi connectivity index (χ2n) is 7.79. The van der Waals surface area contributed by atoms with Crippen molar-refractivity contribution in [2.24, 2.45) is 17.3 Å². The zero-order chi connectivity index (χ0) is 19.2. The quantitative estimate of drug-likeness (QED) is 0.510. The summed E-state index contributed by atoms with van der Waals surface area (Å²) in [5.74, 6) is -1.94. The van der Waals surface area contributed by atoms with Gasteiger partial charge in [0.1, 0.15) is 0 Å². The third-order valence-electron chi connectivity index (χ3n) is 6.13. The molecule has 4 rings (SSSR count). The van der Waals surface area contributed by atoms with E-state index in [0.29, 0.717) is 12.3 Å². The van der Waals surface area contributed by atoms with E-state index in [2.05, 4.69) is 30.3 Å². The predicted octanol–water partition coefficient (Wildman–Crippen LogP) is 4.83. The number of carboxylic acid groups (broad SMARTS) is 2. The second-order valence-corrected chi connectivity index (χ2v) is 9.07. The monoisotopic (exact) mass is 563 g/mol. The Labute approximate surface area is 183 Å². The Morgan fingerprint density at radius 3 is 2.50 bits per heavy atom. The zero-order valence-corrected chi connectivity index (χ0v) is 19.6. The molecule has 28 heavy (non-hydrogen) atoms. The molecule has 145 valence electrons. The molecule has 4 atom stereocenters. The van der Waals surface area contributed by atoms with Crippen LogP contribution in [0, 0.1) is 17.3 Å². The Morgan fingerprint density at radius 2 is 1.82 bits per heavy atom. The number of thioether (sulfide) groups is 1. The Hall–Kier alpha value is -1.53. The number of hydrogen-bond donors (Lipinski definition) is 2. The van der Waals surface area contributed by atoms with Crippen LogP contribution in [0.4, 0.5) is 0 Å². The van der Waals surface area contributed by atoms with Crippen LogP contribution in [0.25, 0.3) is 10.8 Å². The number of carboxylic acids is 2. The molecule has 0 heterocycles. The number of fused-ring (bicyclic) bond motifs is 3. The van der Waals surface area contributed by atoms with Gasteiger partial charge in [0.15, 0.2) is 0 Å². The van der Waals surface area contributed by atoms with Crippen LogP contribution in [0.3, 0.4) is 0 Å². The number of aliphatic carboxylic acids is 2. The summed E-state index contributed by atoms with van der Waals surface area (Å²) in [5, 5.41) is 21.6. The molecule has 4 nitrogen and oxygen atoms in total. The third-order valence-corrected chi connectivity index (χ3v) is 7.57. The van der Waals surface area contributed by atoms with Crippen molar-refractivity contribution < 1.29 is 42.2 Å². The summed E-state index contributed by atoms with van der Waals surface area (Å²) in [6, 6.07) is 14.5. The van der Waals surface area contributed by atoms with Gasteiger partial charge in [0, 0.05) is 43.5 Å². The molecule has 2 fully saturated rings. The van der Waals surface area contributed by atoms with Crippen molar-refractivity contribution in [3.8, 4) is 0 Å². The van der Waals surface area contributed by atoms with E-state index in [1.54, 1.807) is 24.8 Å². The Bertz CT molecular complexity index is 956. The van der Waals surface area contributed by atoms with Gasteiger partial charge in [0.05, 0.1) is 5.92 Å². The molecule has 2 saturated carbocycles. The molecule has 0 spiro atoms. The second kappa shape index (κ2) is 8.07. The first-order chi connectivity index (χ1) is 12.9. The van der Waals surface area contributed by atoms with Crippen molar-refractivity contribution in [2.75, 3.05) is 0 Å². The molecule has 2 bridgehead atoms. The summed E-state index contributed by atoms with van der Waals surface area (Å²) >= 11 is 1.70. The van der Waals surface area contributed by atoms with E-state index in [0.717, 1.165) is 23.1 Å². The van der Waals surface area contributed by atoms with Gasteiger partial charge in [-0.15, -0.1) is 11.8 Å². The summed E-state index contributed by atoms with van der Waals surface area (Å²) in [6.07, 6.45) is 4.10. The normalized spacial score (nSPS) is 28.9. The molecule has 0 aromatic heterocycles. The van der Waals surface area contributed by atoms with Gasteiger partial charge in [-0.2, -0.15) is 0 Å². The fraction of sp³-hybridized carbons (Fsp3) is 0.364. The molecule has 2 N–H and O–H groups in total. The van der Waals surface area contributed by atoms with Crippen molar-refractivity contribution in [3.05, 3.63) is 54.1 Å². The van der Waals surface area contributed by atoms with Crippen LogP contribution >= 0.6 is 11.8 Å². The molecule has 1 radical (unpaired) electrons. The Kier molecular flexibility index (Phi) is 6.11. The summed E-state index contributed by atoms with van der Waals surface area (Å²) < 4.78 is 0. The van der Waals surface area contributed by atoms with Gasteiger partial charge in [0.25, 0.3) is 0 Å². The van der Waals surface area contributed by atoms with Gasteiger partial charge in [-0.05, 0) is 55.0 Å². The van der Waals surface area contributed by atoms with Crippen LogP contribution in [-0.4, -0.2) is 27.4 Å². The molecular weight excluding hydrogens is 541 g/mol. The van der Waals surface area contributed by atoms with Crippen LogP contribution in [0.15, 0.2) is 59.0 Å². The number of hydrogen-bond acceptors (Lipinski definition) is 3. The van der Waals surface area contributed by atoms with Gasteiger partial charge in [-0.3, -0.25) is 4.79 Å². The van der Waals surface area contributed by atoms with E-state index in [1.165, 1.54) is 5.39 Å². The molecule has 0 amide bonds. The molecule has 2 aromatic rings. The minimum atomic E-state index is -0.974. The van der Waals surface area contributed by atoms with Gasteiger partial charge in [-0.25, -0.2) is 4.79 Å².